The van der Waals surface area contributed by atoms with E-state index in [0.29, 0.717) is 5.69 Å². The van der Waals surface area contributed by atoms with Gasteiger partial charge in [-0.25, -0.2) is 0 Å². The molecule has 0 aliphatic carbocycles. The third-order valence-electron chi connectivity index (χ3n) is 1.96. The number of nitrogens with one attached hydrogen (secondary N) is 1. The molecule has 0 atom stereocenters. The van der Waals surface area contributed by atoms with Gasteiger partial charge in [0, 0.05) is 12.1 Å². The molecule has 1 rings (SSSR count). The second kappa shape index (κ2) is 5.24. The summed E-state index contributed by atoms with van der Waals surface area (Å²) in [5.74, 6) is -0.363. The summed E-state index contributed by atoms with van der Waals surface area (Å²) >= 11 is 0. The van der Waals surface area contributed by atoms with Crippen LogP contribution in [0.4, 0.5) is 0 Å². The number of pyridine rings is 1. The van der Waals surface area contributed by atoms with Gasteiger partial charge in [-0.1, -0.05) is 19.9 Å². The summed E-state index contributed by atoms with van der Waals surface area (Å²) in [4.78, 5) is 26.6. The predicted molar refractivity (Wildman–Crippen MR) is 56.4 cm³/mol. The van der Waals surface area contributed by atoms with Crippen molar-refractivity contribution in [2.45, 2.75) is 13.8 Å². The van der Waals surface area contributed by atoms with Crippen LogP contribution in [0.1, 0.15) is 24.3 Å². The van der Waals surface area contributed by atoms with E-state index in [0.717, 1.165) is 0 Å². The third kappa shape index (κ3) is 3.50. The van der Waals surface area contributed by atoms with Crippen LogP contribution < -0.4 is 5.32 Å². The molecule has 0 radical (unpaired) electrons. The molecule has 0 spiro atoms. The van der Waals surface area contributed by atoms with E-state index in [-0.39, 0.29) is 24.2 Å². The molecule has 80 valence electrons. The van der Waals surface area contributed by atoms with Crippen molar-refractivity contribution < 1.29 is 9.59 Å². The maximum absolute atomic E-state index is 11.4. The van der Waals surface area contributed by atoms with E-state index < -0.39 is 0 Å². The topological polar surface area (TPSA) is 59.1 Å². The van der Waals surface area contributed by atoms with Gasteiger partial charge in [-0.3, -0.25) is 14.6 Å². The number of rotatable bonds is 4. The van der Waals surface area contributed by atoms with E-state index >= 15 is 0 Å². The number of ketones is 1. The first-order valence-corrected chi connectivity index (χ1v) is 4.83. The first-order chi connectivity index (χ1) is 7.11. The molecule has 0 bridgehead atoms. The minimum atomic E-state index is -0.315. The molecule has 4 nitrogen and oxygen atoms in total. The molecule has 1 aromatic heterocycles. The monoisotopic (exact) mass is 206 g/mol. The van der Waals surface area contributed by atoms with E-state index in [9.17, 15) is 9.59 Å². The molecule has 0 unspecified atom stereocenters. The van der Waals surface area contributed by atoms with Gasteiger partial charge in [0.2, 0.25) is 0 Å². The zero-order chi connectivity index (χ0) is 11.3. The molecule has 0 aliphatic rings. The normalized spacial score (nSPS) is 10.1. The van der Waals surface area contributed by atoms with E-state index in [4.69, 9.17) is 0 Å². The number of carbonyl (C=O) groups is 2. The van der Waals surface area contributed by atoms with Crippen molar-refractivity contribution in [3.05, 3.63) is 30.1 Å². The molecule has 0 saturated heterocycles. The smallest absolute Gasteiger partial charge is 0.270 e. The molecule has 0 aromatic carbocycles. The first-order valence-electron chi connectivity index (χ1n) is 4.83. The van der Waals surface area contributed by atoms with Crippen LogP contribution in [0.25, 0.3) is 0 Å². The zero-order valence-corrected chi connectivity index (χ0v) is 8.86. The molecular formula is C11H14N2O2. The highest BCUT2D eigenvalue weighted by Crippen LogP contribution is 1.95. The van der Waals surface area contributed by atoms with Gasteiger partial charge in [-0.15, -0.1) is 0 Å². The van der Waals surface area contributed by atoms with Crippen LogP contribution >= 0.6 is 0 Å². The van der Waals surface area contributed by atoms with E-state index in [1.165, 1.54) is 0 Å². The van der Waals surface area contributed by atoms with Crippen LogP contribution in [0.2, 0.25) is 0 Å². The van der Waals surface area contributed by atoms with Crippen molar-refractivity contribution in [2.75, 3.05) is 6.54 Å². The Kier molecular flexibility index (Phi) is 3.97. The fraction of sp³-hybridized carbons (Fsp3) is 0.364. The lowest BCUT2D eigenvalue weighted by atomic mass is 10.1. The Morgan fingerprint density at radius 1 is 1.40 bits per heavy atom. The Labute approximate surface area is 88.7 Å². The number of amides is 1. The summed E-state index contributed by atoms with van der Waals surface area (Å²) in [5.41, 5.74) is 0.328. The van der Waals surface area contributed by atoms with Gasteiger partial charge >= 0.3 is 0 Å². The molecule has 1 heterocycles. The summed E-state index contributed by atoms with van der Waals surface area (Å²) in [6.45, 7) is 3.66. The number of aromatic nitrogens is 1. The maximum atomic E-state index is 11.4. The molecule has 0 fully saturated rings. The molecule has 0 aliphatic heterocycles. The molecular weight excluding hydrogens is 192 g/mol. The van der Waals surface area contributed by atoms with E-state index in [2.05, 4.69) is 10.3 Å². The van der Waals surface area contributed by atoms with Gasteiger partial charge in [0.1, 0.15) is 5.69 Å². The van der Waals surface area contributed by atoms with Gasteiger partial charge in [-0.2, -0.15) is 0 Å². The predicted octanol–water partition coefficient (Wildman–Crippen LogP) is 1.04. The summed E-state index contributed by atoms with van der Waals surface area (Å²) in [6.07, 6.45) is 1.54. The van der Waals surface area contributed by atoms with Crippen molar-refractivity contribution in [1.82, 2.24) is 10.3 Å². The summed E-state index contributed by atoms with van der Waals surface area (Å²) in [6, 6.07) is 5.07. The zero-order valence-electron chi connectivity index (χ0n) is 8.86. The van der Waals surface area contributed by atoms with Gasteiger partial charge in [-0.05, 0) is 12.1 Å². The number of hydrogen-bond donors (Lipinski definition) is 1. The molecule has 15 heavy (non-hydrogen) atoms. The minimum Gasteiger partial charge on any atom is -0.344 e. The van der Waals surface area contributed by atoms with Crippen LogP contribution in [0, 0.1) is 5.92 Å². The number of nitrogens with zero attached hydrogens (tertiary/aromatic N) is 1. The highest BCUT2D eigenvalue weighted by Gasteiger charge is 2.10. The second-order valence-corrected chi connectivity index (χ2v) is 3.52. The average molecular weight is 206 g/mol. The lowest BCUT2D eigenvalue weighted by Crippen LogP contribution is -2.31. The summed E-state index contributed by atoms with van der Waals surface area (Å²) in [5, 5.41) is 2.53. The Morgan fingerprint density at radius 3 is 2.67 bits per heavy atom. The molecule has 0 saturated carbocycles. The van der Waals surface area contributed by atoms with Gasteiger partial charge in [0.25, 0.3) is 5.91 Å². The summed E-state index contributed by atoms with van der Waals surface area (Å²) < 4.78 is 0. The van der Waals surface area contributed by atoms with Gasteiger partial charge < -0.3 is 5.32 Å². The second-order valence-electron chi connectivity index (χ2n) is 3.52. The van der Waals surface area contributed by atoms with Gasteiger partial charge in [0.15, 0.2) is 5.78 Å². The van der Waals surface area contributed by atoms with Crippen LogP contribution in [-0.2, 0) is 4.79 Å². The number of Topliss-reactive ketones (excluding diaryl/α,β-unsaturated/α-hetero) is 1. The number of hydrogen-bond acceptors (Lipinski definition) is 3. The lowest BCUT2D eigenvalue weighted by molar-refractivity contribution is -0.120. The van der Waals surface area contributed by atoms with Gasteiger partial charge in [0.05, 0.1) is 6.54 Å². The van der Waals surface area contributed by atoms with Crippen molar-refractivity contribution in [2.24, 2.45) is 5.92 Å². The highest BCUT2D eigenvalue weighted by molar-refractivity contribution is 5.95. The van der Waals surface area contributed by atoms with Crippen molar-refractivity contribution in [1.29, 1.82) is 0 Å². The van der Waals surface area contributed by atoms with Crippen LogP contribution in [0.15, 0.2) is 24.4 Å². The quantitative estimate of drug-likeness (QED) is 0.800. The van der Waals surface area contributed by atoms with Crippen LogP contribution in [-0.4, -0.2) is 23.2 Å². The Balaban J connectivity index is 2.48. The summed E-state index contributed by atoms with van der Waals surface area (Å²) in [7, 11) is 0. The fourth-order valence-corrected chi connectivity index (χ4v) is 0.959. The maximum Gasteiger partial charge on any atom is 0.270 e. The molecule has 1 amide bonds. The molecule has 1 N–H and O–H groups in total. The number of carbonyl (C=O) groups excluding carboxylic acids is 2. The Hall–Kier alpha value is -1.71. The Bertz CT molecular complexity index is 347. The Morgan fingerprint density at radius 2 is 2.13 bits per heavy atom. The van der Waals surface area contributed by atoms with Crippen LogP contribution in [0.5, 0.6) is 0 Å². The van der Waals surface area contributed by atoms with Crippen LogP contribution in [0.3, 0.4) is 0 Å². The minimum absolute atomic E-state index is 0.0132. The molecule has 4 heteroatoms. The molecule has 1 aromatic rings. The van der Waals surface area contributed by atoms with Crippen molar-refractivity contribution in [3.8, 4) is 0 Å². The fourth-order valence-electron chi connectivity index (χ4n) is 0.959. The SMILES string of the molecule is CC(C)C(=O)CNC(=O)c1ccccn1. The third-order valence-corrected chi connectivity index (χ3v) is 1.96. The van der Waals surface area contributed by atoms with Crippen molar-refractivity contribution >= 4 is 11.7 Å². The van der Waals surface area contributed by atoms with E-state index in [1.807, 2.05) is 0 Å². The largest absolute Gasteiger partial charge is 0.344 e. The first kappa shape index (κ1) is 11.4. The van der Waals surface area contributed by atoms with E-state index in [1.54, 1.807) is 38.2 Å². The lowest BCUT2D eigenvalue weighted by Gasteiger charge is -2.05. The average Bonchev–Trinajstić information content (AvgIpc) is 2.26. The standard InChI is InChI=1S/C11H14N2O2/c1-8(2)10(14)7-13-11(15)9-5-3-4-6-12-9/h3-6,8H,7H2,1-2H3,(H,13,15). The highest BCUT2D eigenvalue weighted by atomic mass is 16.2. The van der Waals surface area contributed by atoms with Crippen molar-refractivity contribution in [3.63, 3.8) is 0 Å².